The van der Waals surface area contributed by atoms with Gasteiger partial charge in [0, 0.05) is 24.2 Å². The zero-order valence-electron chi connectivity index (χ0n) is 14.6. The van der Waals surface area contributed by atoms with Gasteiger partial charge < -0.3 is 14.7 Å². The molecule has 1 aliphatic heterocycles. The lowest BCUT2D eigenvalue weighted by Gasteiger charge is -2.32. The second kappa shape index (κ2) is 6.50. The summed E-state index contributed by atoms with van der Waals surface area (Å²) in [6.07, 6.45) is 2.42. The molecule has 0 aromatic heterocycles. The van der Waals surface area contributed by atoms with Gasteiger partial charge in [-0.1, -0.05) is 0 Å². The van der Waals surface area contributed by atoms with Crippen LogP contribution < -0.4 is 4.74 Å². The Morgan fingerprint density at radius 1 is 1.28 bits per heavy atom. The lowest BCUT2D eigenvalue weighted by Crippen LogP contribution is -2.40. The third kappa shape index (κ3) is 3.38. The topological polar surface area (TPSA) is 83.9 Å². The highest BCUT2D eigenvalue weighted by atomic mass is 16.5. The summed E-state index contributed by atoms with van der Waals surface area (Å²) in [6.45, 7) is 2.68. The molecule has 2 fully saturated rings. The van der Waals surface area contributed by atoms with Gasteiger partial charge in [-0.15, -0.1) is 0 Å². The maximum absolute atomic E-state index is 12.6. The number of hydrogen-bond acceptors (Lipinski definition) is 4. The van der Waals surface area contributed by atoms with Crippen molar-refractivity contribution in [2.24, 2.45) is 11.3 Å². The van der Waals surface area contributed by atoms with Gasteiger partial charge in [0.25, 0.3) is 0 Å². The second-order valence-electron chi connectivity index (χ2n) is 7.10. The molecule has 6 nitrogen and oxygen atoms in total. The quantitative estimate of drug-likeness (QED) is 0.827. The van der Waals surface area contributed by atoms with Crippen LogP contribution in [0.25, 0.3) is 0 Å². The standard InChI is InChI=1S/C19H23NO5/c1-12(21)13-3-4-16(25-2)14(9-13)10-17(22)20-7-5-19(6-8-20)11-15(19)18(23)24/h3-4,9,15H,5-8,10-11H2,1-2H3,(H,23,24). The van der Waals surface area contributed by atoms with E-state index in [0.29, 0.717) is 30.0 Å². The van der Waals surface area contributed by atoms with E-state index in [2.05, 4.69) is 0 Å². The molecular weight excluding hydrogens is 322 g/mol. The van der Waals surface area contributed by atoms with Crippen LogP contribution in [0.5, 0.6) is 5.75 Å². The monoisotopic (exact) mass is 345 g/mol. The molecule has 1 saturated carbocycles. The Hall–Kier alpha value is -2.37. The van der Waals surface area contributed by atoms with Gasteiger partial charge in [0.2, 0.25) is 5.91 Å². The van der Waals surface area contributed by atoms with E-state index in [9.17, 15) is 14.4 Å². The summed E-state index contributed by atoms with van der Waals surface area (Å²) < 4.78 is 5.30. The number of amides is 1. The molecule has 1 unspecified atom stereocenters. The van der Waals surface area contributed by atoms with Crippen LogP contribution in [-0.2, 0) is 16.0 Å². The van der Waals surface area contributed by atoms with E-state index in [1.807, 2.05) is 0 Å². The van der Waals surface area contributed by atoms with Crippen molar-refractivity contribution >= 4 is 17.7 Å². The van der Waals surface area contributed by atoms with E-state index in [1.165, 1.54) is 6.92 Å². The number of rotatable bonds is 5. The maximum Gasteiger partial charge on any atom is 0.307 e. The van der Waals surface area contributed by atoms with Crippen molar-refractivity contribution in [2.75, 3.05) is 20.2 Å². The lowest BCUT2D eigenvalue weighted by molar-refractivity contribution is -0.139. The number of methoxy groups -OCH3 is 1. The number of piperidine rings is 1. The number of benzene rings is 1. The number of carboxylic acid groups (broad SMARTS) is 1. The molecule has 25 heavy (non-hydrogen) atoms. The number of hydrogen-bond donors (Lipinski definition) is 1. The van der Waals surface area contributed by atoms with Gasteiger partial charge in [-0.3, -0.25) is 14.4 Å². The van der Waals surface area contributed by atoms with E-state index >= 15 is 0 Å². The molecule has 1 spiro atoms. The number of ketones is 1. The minimum absolute atomic E-state index is 0.0126. The Morgan fingerprint density at radius 2 is 1.96 bits per heavy atom. The van der Waals surface area contributed by atoms with Crippen molar-refractivity contribution in [3.63, 3.8) is 0 Å². The highest BCUT2D eigenvalue weighted by Gasteiger charge is 2.59. The summed E-state index contributed by atoms with van der Waals surface area (Å²) in [5.41, 5.74) is 1.17. The first kappa shape index (κ1) is 17.5. The Kier molecular flexibility index (Phi) is 4.54. The fourth-order valence-corrected chi connectivity index (χ4v) is 3.86. The molecule has 1 N–H and O–H groups in total. The summed E-state index contributed by atoms with van der Waals surface area (Å²) in [7, 11) is 1.54. The Morgan fingerprint density at radius 3 is 2.48 bits per heavy atom. The molecule has 2 aliphatic rings. The Labute approximate surface area is 146 Å². The predicted molar refractivity (Wildman–Crippen MR) is 90.7 cm³/mol. The Balaban J connectivity index is 1.65. The molecule has 1 atom stereocenters. The van der Waals surface area contributed by atoms with Crippen molar-refractivity contribution in [3.8, 4) is 5.75 Å². The third-order valence-electron chi connectivity index (χ3n) is 5.63. The van der Waals surface area contributed by atoms with Gasteiger partial charge in [-0.05, 0) is 49.8 Å². The number of carbonyl (C=O) groups is 3. The van der Waals surface area contributed by atoms with E-state index in [1.54, 1.807) is 30.2 Å². The molecular formula is C19H23NO5. The molecule has 134 valence electrons. The van der Waals surface area contributed by atoms with Crippen molar-refractivity contribution in [3.05, 3.63) is 29.3 Å². The van der Waals surface area contributed by atoms with E-state index < -0.39 is 5.97 Å². The normalized spacial score (nSPS) is 21.0. The first-order valence-electron chi connectivity index (χ1n) is 8.55. The van der Waals surface area contributed by atoms with Crippen LogP contribution >= 0.6 is 0 Å². The number of carbonyl (C=O) groups excluding carboxylic acids is 2. The smallest absolute Gasteiger partial charge is 0.307 e. The molecule has 1 aromatic rings. The van der Waals surface area contributed by atoms with Crippen molar-refractivity contribution in [1.29, 1.82) is 0 Å². The Bertz CT molecular complexity index is 719. The summed E-state index contributed by atoms with van der Waals surface area (Å²) >= 11 is 0. The van der Waals surface area contributed by atoms with Crippen LogP contribution in [0.15, 0.2) is 18.2 Å². The molecule has 3 rings (SSSR count). The van der Waals surface area contributed by atoms with Crippen LogP contribution in [0.3, 0.4) is 0 Å². The van der Waals surface area contributed by atoms with E-state index in [-0.39, 0.29) is 29.4 Å². The first-order chi connectivity index (χ1) is 11.9. The molecule has 0 bridgehead atoms. The summed E-state index contributed by atoms with van der Waals surface area (Å²) in [5, 5.41) is 9.15. The van der Waals surface area contributed by atoms with Crippen LogP contribution in [-0.4, -0.2) is 47.9 Å². The van der Waals surface area contributed by atoms with Crippen molar-refractivity contribution < 1.29 is 24.2 Å². The van der Waals surface area contributed by atoms with Gasteiger partial charge in [0.1, 0.15) is 5.75 Å². The van der Waals surface area contributed by atoms with Gasteiger partial charge in [-0.25, -0.2) is 0 Å². The first-order valence-corrected chi connectivity index (χ1v) is 8.55. The maximum atomic E-state index is 12.6. The van der Waals surface area contributed by atoms with Crippen LogP contribution in [0.2, 0.25) is 0 Å². The van der Waals surface area contributed by atoms with Gasteiger partial charge in [0.05, 0.1) is 19.4 Å². The fourth-order valence-electron chi connectivity index (χ4n) is 3.86. The number of aliphatic carboxylic acids is 1. The number of ether oxygens (including phenoxy) is 1. The van der Waals surface area contributed by atoms with Crippen LogP contribution in [0.1, 0.15) is 42.1 Å². The summed E-state index contributed by atoms with van der Waals surface area (Å²) in [4.78, 5) is 37.1. The van der Waals surface area contributed by atoms with E-state index in [4.69, 9.17) is 9.84 Å². The van der Waals surface area contributed by atoms with Gasteiger partial charge >= 0.3 is 5.97 Å². The number of likely N-dealkylation sites (tertiary alicyclic amines) is 1. The molecule has 1 amide bonds. The van der Waals surface area contributed by atoms with Crippen molar-refractivity contribution in [1.82, 2.24) is 4.90 Å². The average molecular weight is 345 g/mol. The summed E-state index contributed by atoms with van der Waals surface area (Å²) in [6, 6.07) is 5.12. The van der Waals surface area contributed by atoms with Crippen molar-refractivity contribution in [2.45, 2.75) is 32.6 Å². The molecule has 1 saturated heterocycles. The van der Waals surface area contributed by atoms with Gasteiger partial charge in [0.15, 0.2) is 5.78 Å². The zero-order chi connectivity index (χ0) is 18.2. The summed E-state index contributed by atoms with van der Waals surface area (Å²) in [5.74, 6) is -0.422. The third-order valence-corrected chi connectivity index (χ3v) is 5.63. The van der Waals surface area contributed by atoms with Crippen LogP contribution in [0, 0.1) is 11.3 Å². The largest absolute Gasteiger partial charge is 0.496 e. The molecule has 6 heteroatoms. The minimum Gasteiger partial charge on any atom is -0.496 e. The minimum atomic E-state index is -0.717. The molecule has 1 aliphatic carbocycles. The highest BCUT2D eigenvalue weighted by Crippen LogP contribution is 2.59. The lowest BCUT2D eigenvalue weighted by atomic mass is 9.90. The van der Waals surface area contributed by atoms with E-state index in [0.717, 1.165) is 19.3 Å². The predicted octanol–water partition coefficient (Wildman–Crippen LogP) is 2.15. The van der Waals surface area contributed by atoms with Crippen LogP contribution in [0.4, 0.5) is 0 Å². The number of Topliss-reactive ketones (excluding diaryl/α,β-unsaturated/α-hetero) is 1. The average Bonchev–Trinajstić information content (AvgIpc) is 3.29. The molecule has 0 radical (unpaired) electrons. The number of nitrogens with zero attached hydrogens (tertiary/aromatic N) is 1. The highest BCUT2D eigenvalue weighted by molar-refractivity contribution is 5.94. The second-order valence-corrected chi connectivity index (χ2v) is 7.10. The zero-order valence-corrected chi connectivity index (χ0v) is 14.6. The van der Waals surface area contributed by atoms with Gasteiger partial charge in [-0.2, -0.15) is 0 Å². The fraction of sp³-hybridized carbons (Fsp3) is 0.526. The SMILES string of the molecule is COc1ccc(C(C)=O)cc1CC(=O)N1CCC2(CC1)CC2C(=O)O. The number of carboxylic acids is 1. The molecule has 1 heterocycles. The molecule has 1 aromatic carbocycles.